The van der Waals surface area contributed by atoms with Crippen LogP contribution in [0.3, 0.4) is 0 Å². The number of aromatic nitrogens is 1. The van der Waals surface area contributed by atoms with E-state index in [1.165, 1.54) is 18.4 Å². The van der Waals surface area contributed by atoms with E-state index in [9.17, 15) is 9.59 Å². The number of piperidine rings is 2. The predicted octanol–water partition coefficient (Wildman–Crippen LogP) is 5.67. The van der Waals surface area contributed by atoms with E-state index in [0.717, 1.165) is 69.7 Å². The summed E-state index contributed by atoms with van der Waals surface area (Å²) in [6, 6.07) is 19.1. The lowest BCUT2D eigenvalue weighted by Gasteiger charge is -2.47. The second-order valence-corrected chi connectivity index (χ2v) is 11.8. The van der Waals surface area contributed by atoms with Crippen LogP contribution in [0.1, 0.15) is 75.7 Å². The number of halogens is 1. The minimum atomic E-state index is -0.178. The zero-order valence-electron chi connectivity index (χ0n) is 22.2. The number of carbonyl (C=O) groups excluding carboxylic acids is 2. The molecular formula is C32H35ClN4O2. The highest BCUT2D eigenvalue weighted by molar-refractivity contribution is 6.33. The molecular weight excluding hydrogens is 508 g/mol. The Kier molecular flexibility index (Phi) is 7.41. The first-order valence-electron chi connectivity index (χ1n) is 14.1. The highest BCUT2D eigenvalue weighted by atomic mass is 35.5. The summed E-state index contributed by atoms with van der Waals surface area (Å²) in [6.07, 6.45) is 8.09. The zero-order chi connectivity index (χ0) is 26.8. The molecule has 2 amide bonds. The minimum Gasteiger partial charge on any atom is -0.345 e. The number of hydrogen-bond donors (Lipinski definition) is 1. The number of nitrogens with one attached hydrogen (secondary N) is 1. The van der Waals surface area contributed by atoms with E-state index < -0.39 is 0 Å². The number of likely N-dealkylation sites (tertiary alicyclic amines) is 2. The van der Waals surface area contributed by atoms with Gasteiger partial charge in [0.05, 0.1) is 22.3 Å². The van der Waals surface area contributed by atoms with Crippen LogP contribution in [0.2, 0.25) is 5.02 Å². The maximum atomic E-state index is 13.5. The number of aryl methyl sites for hydroxylation is 1. The van der Waals surface area contributed by atoms with E-state index in [-0.39, 0.29) is 17.9 Å². The van der Waals surface area contributed by atoms with Gasteiger partial charge in [0.15, 0.2) is 0 Å². The van der Waals surface area contributed by atoms with Crippen molar-refractivity contribution in [3.63, 3.8) is 0 Å². The molecule has 6 nitrogen and oxygen atoms in total. The lowest BCUT2D eigenvalue weighted by Crippen LogP contribution is -2.48. The average Bonchev–Trinajstić information content (AvgIpc) is 3.37. The summed E-state index contributed by atoms with van der Waals surface area (Å²) in [5, 5.41) is 3.58. The summed E-state index contributed by atoms with van der Waals surface area (Å²) in [5.74, 6) is -0.0779. The third kappa shape index (κ3) is 5.59. The number of fused-ring (bicyclic) bond motifs is 1. The third-order valence-corrected chi connectivity index (χ3v) is 9.36. The minimum absolute atomic E-state index is 0.100. The van der Waals surface area contributed by atoms with E-state index in [2.05, 4.69) is 33.4 Å². The molecule has 1 spiro atoms. The summed E-state index contributed by atoms with van der Waals surface area (Å²) in [4.78, 5) is 35.4. The predicted molar refractivity (Wildman–Crippen MR) is 153 cm³/mol. The Hall–Kier alpha value is -3.22. The molecule has 2 aliphatic heterocycles. The van der Waals surface area contributed by atoms with Gasteiger partial charge in [-0.15, -0.1) is 0 Å². The molecule has 7 heteroatoms. The van der Waals surface area contributed by atoms with Crippen LogP contribution in [0.4, 0.5) is 0 Å². The fourth-order valence-electron chi connectivity index (χ4n) is 6.54. The molecule has 2 saturated heterocycles. The summed E-state index contributed by atoms with van der Waals surface area (Å²) in [5.41, 5.74) is 4.93. The lowest BCUT2D eigenvalue weighted by molar-refractivity contribution is 0.0282. The molecule has 2 aromatic carbocycles. The molecule has 2 fully saturated rings. The summed E-state index contributed by atoms with van der Waals surface area (Å²) in [6.45, 7) is 4.72. The SMILES string of the molecule is O=C(NC1CCc2ccc(C(=O)N3CCC4(CCN(Cc5ccccn5)CC4)CC3)cc21)c1ccccc1Cl. The summed E-state index contributed by atoms with van der Waals surface area (Å²) in [7, 11) is 0. The normalized spacial score (nSPS) is 20.5. The number of carbonyl (C=O) groups is 2. The molecule has 6 rings (SSSR count). The van der Waals surface area contributed by atoms with Crippen molar-refractivity contribution in [3.8, 4) is 0 Å². The zero-order valence-corrected chi connectivity index (χ0v) is 23.0. The Morgan fingerprint density at radius 1 is 0.949 bits per heavy atom. The first-order valence-corrected chi connectivity index (χ1v) is 14.5. The van der Waals surface area contributed by atoms with Gasteiger partial charge in [0.1, 0.15) is 0 Å². The van der Waals surface area contributed by atoms with Gasteiger partial charge in [-0.3, -0.25) is 19.5 Å². The van der Waals surface area contributed by atoms with Crippen LogP contribution < -0.4 is 5.32 Å². The summed E-state index contributed by atoms with van der Waals surface area (Å²) >= 11 is 6.24. The maximum absolute atomic E-state index is 13.5. The smallest absolute Gasteiger partial charge is 0.253 e. The van der Waals surface area contributed by atoms with E-state index in [4.69, 9.17) is 11.6 Å². The fraction of sp³-hybridized carbons (Fsp3) is 0.406. The molecule has 3 aromatic rings. The molecule has 1 atom stereocenters. The Labute approximate surface area is 235 Å². The van der Waals surface area contributed by atoms with Crippen molar-refractivity contribution >= 4 is 23.4 Å². The number of nitrogens with zero attached hydrogens (tertiary/aromatic N) is 3. The third-order valence-electron chi connectivity index (χ3n) is 9.03. The van der Waals surface area contributed by atoms with E-state index >= 15 is 0 Å². The van der Waals surface area contributed by atoms with Gasteiger partial charge in [-0.2, -0.15) is 0 Å². The monoisotopic (exact) mass is 542 g/mol. The Bertz CT molecular complexity index is 1340. The molecule has 3 aliphatic rings. The van der Waals surface area contributed by atoms with Crippen LogP contribution in [0.15, 0.2) is 66.9 Å². The van der Waals surface area contributed by atoms with Crippen molar-refractivity contribution in [1.29, 1.82) is 0 Å². The number of rotatable bonds is 5. The molecule has 0 bridgehead atoms. The van der Waals surface area contributed by atoms with Gasteiger partial charge in [0, 0.05) is 31.4 Å². The van der Waals surface area contributed by atoms with Crippen molar-refractivity contribution in [1.82, 2.24) is 20.1 Å². The number of pyridine rings is 1. The van der Waals surface area contributed by atoms with Crippen LogP contribution in [-0.4, -0.2) is 52.8 Å². The molecule has 202 valence electrons. The first kappa shape index (κ1) is 26.0. The van der Waals surface area contributed by atoms with Crippen LogP contribution in [0.25, 0.3) is 0 Å². The first-order chi connectivity index (χ1) is 19.0. The standard InChI is InChI=1S/C32H35ClN4O2/c33-28-7-2-1-6-26(28)30(38)35-29-11-10-23-8-9-24(21-27(23)29)31(39)37-19-14-32(15-20-37)12-17-36(18-13-32)22-25-5-3-4-16-34-25/h1-9,16,21,29H,10-15,17-20,22H2,(H,35,38). The highest BCUT2D eigenvalue weighted by Gasteiger charge is 2.39. The van der Waals surface area contributed by atoms with Crippen molar-refractivity contribution in [2.24, 2.45) is 5.41 Å². The van der Waals surface area contributed by atoms with Gasteiger partial charge >= 0.3 is 0 Å². The average molecular weight is 543 g/mol. The molecule has 1 aliphatic carbocycles. The van der Waals surface area contributed by atoms with Crippen LogP contribution >= 0.6 is 11.6 Å². The van der Waals surface area contributed by atoms with E-state index in [0.29, 0.717) is 21.6 Å². The highest BCUT2D eigenvalue weighted by Crippen LogP contribution is 2.42. The van der Waals surface area contributed by atoms with Gasteiger partial charge in [-0.1, -0.05) is 35.9 Å². The molecule has 3 heterocycles. The van der Waals surface area contributed by atoms with Crippen molar-refractivity contribution in [3.05, 3.63) is 99.8 Å². The number of benzene rings is 2. The summed E-state index contributed by atoms with van der Waals surface area (Å²) < 4.78 is 0. The number of hydrogen-bond acceptors (Lipinski definition) is 4. The maximum Gasteiger partial charge on any atom is 0.253 e. The van der Waals surface area contributed by atoms with E-state index in [1.807, 2.05) is 41.4 Å². The quantitative estimate of drug-likeness (QED) is 0.451. The molecule has 1 N–H and O–H groups in total. The molecule has 0 saturated carbocycles. The molecule has 1 unspecified atom stereocenters. The van der Waals surface area contributed by atoms with Crippen LogP contribution in [0, 0.1) is 5.41 Å². The second kappa shape index (κ2) is 11.1. The van der Waals surface area contributed by atoms with Crippen LogP contribution in [-0.2, 0) is 13.0 Å². The van der Waals surface area contributed by atoms with E-state index in [1.54, 1.807) is 12.1 Å². The van der Waals surface area contributed by atoms with Gasteiger partial charge in [0.25, 0.3) is 11.8 Å². The van der Waals surface area contributed by atoms with Crippen molar-refractivity contribution < 1.29 is 9.59 Å². The largest absolute Gasteiger partial charge is 0.345 e. The van der Waals surface area contributed by atoms with Gasteiger partial charge in [-0.05, 0) is 105 Å². The van der Waals surface area contributed by atoms with Gasteiger partial charge in [0.2, 0.25) is 0 Å². The fourth-order valence-corrected chi connectivity index (χ4v) is 6.76. The molecule has 1 aromatic heterocycles. The molecule has 39 heavy (non-hydrogen) atoms. The topological polar surface area (TPSA) is 65.5 Å². The van der Waals surface area contributed by atoms with Crippen molar-refractivity contribution in [2.75, 3.05) is 26.2 Å². The Morgan fingerprint density at radius 3 is 2.44 bits per heavy atom. The molecule has 0 radical (unpaired) electrons. The van der Waals surface area contributed by atoms with Gasteiger partial charge in [-0.25, -0.2) is 0 Å². The number of amides is 2. The lowest BCUT2D eigenvalue weighted by atomic mass is 9.71. The second-order valence-electron chi connectivity index (χ2n) is 11.3. The Balaban J connectivity index is 1.05. The Morgan fingerprint density at radius 2 is 1.69 bits per heavy atom. The van der Waals surface area contributed by atoms with Crippen LogP contribution in [0.5, 0.6) is 0 Å². The van der Waals surface area contributed by atoms with Crippen molar-refractivity contribution in [2.45, 2.75) is 51.1 Å². The van der Waals surface area contributed by atoms with Gasteiger partial charge < -0.3 is 10.2 Å².